The largest absolute Gasteiger partial charge is 0.0816 e. The second kappa shape index (κ2) is 1.62. The van der Waals surface area contributed by atoms with E-state index >= 15 is 0 Å². The number of hydrogen-bond acceptors (Lipinski definition) is 0. The van der Waals surface area contributed by atoms with Crippen LogP contribution in [-0.4, -0.2) is 0 Å². The van der Waals surface area contributed by atoms with Crippen LogP contribution in [0.1, 0.15) is 26.7 Å². The molecule has 0 radical (unpaired) electrons. The summed E-state index contributed by atoms with van der Waals surface area (Å²) in [5, 5.41) is 0. The van der Waals surface area contributed by atoms with Gasteiger partial charge in [-0.15, -0.1) is 0 Å². The minimum atomic E-state index is 0.986. The first kappa shape index (κ1) is 5.52. The fraction of sp³-hybridized carbons (Fsp3) is 0.778. The van der Waals surface area contributed by atoms with Gasteiger partial charge in [0.15, 0.2) is 0 Å². The molecular weight excluding hydrogens is 108 g/mol. The minimum Gasteiger partial charge on any atom is -0.0816 e. The molecule has 0 aromatic heterocycles. The van der Waals surface area contributed by atoms with Gasteiger partial charge < -0.3 is 0 Å². The first-order valence-electron chi connectivity index (χ1n) is 3.95. The van der Waals surface area contributed by atoms with Gasteiger partial charge in [-0.3, -0.25) is 0 Å². The Morgan fingerprint density at radius 3 is 2.67 bits per heavy atom. The molecule has 0 aromatic rings. The highest BCUT2D eigenvalue weighted by Gasteiger charge is 2.37. The molecule has 0 heterocycles. The van der Waals surface area contributed by atoms with Crippen molar-refractivity contribution in [2.24, 2.45) is 17.8 Å². The molecule has 1 fully saturated rings. The summed E-state index contributed by atoms with van der Waals surface area (Å²) in [6.45, 7) is 4.65. The van der Waals surface area contributed by atoms with Crippen LogP contribution in [-0.2, 0) is 0 Å². The van der Waals surface area contributed by atoms with E-state index in [1.54, 1.807) is 5.57 Å². The highest BCUT2D eigenvalue weighted by atomic mass is 14.4. The van der Waals surface area contributed by atoms with E-state index in [9.17, 15) is 0 Å². The zero-order valence-corrected chi connectivity index (χ0v) is 6.22. The predicted octanol–water partition coefficient (Wildman–Crippen LogP) is 2.61. The lowest BCUT2D eigenvalue weighted by molar-refractivity contribution is 0.463. The predicted molar refractivity (Wildman–Crippen MR) is 39.1 cm³/mol. The van der Waals surface area contributed by atoms with Gasteiger partial charge in [0.2, 0.25) is 0 Å². The van der Waals surface area contributed by atoms with Gasteiger partial charge in [-0.05, 0) is 37.5 Å². The fourth-order valence-corrected chi connectivity index (χ4v) is 2.38. The lowest BCUT2D eigenvalue weighted by Crippen LogP contribution is -2.16. The van der Waals surface area contributed by atoms with Crippen LogP contribution in [0, 0.1) is 17.8 Å². The molecule has 0 bridgehead atoms. The highest BCUT2D eigenvalue weighted by Crippen LogP contribution is 2.48. The third-order valence-electron chi connectivity index (χ3n) is 2.91. The maximum Gasteiger partial charge on any atom is -0.0140 e. The fourth-order valence-electron chi connectivity index (χ4n) is 2.38. The van der Waals surface area contributed by atoms with E-state index in [2.05, 4.69) is 19.9 Å². The molecule has 2 aliphatic carbocycles. The van der Waals surface area contributed by atoms with Crippen LogP contribution < -0.4 is 0 Å². The zero-order valence-electron chi connectivity index (χ0n) is 6.22. The Morgan fingerprint density at radius 2 is 2.22 bits per heavy atom. The molecule has 2 unspecified atom stereocenters. The van der Waals surface area contributed by atoms with Gasteiger partial charge in [-0.2, -0.15) is 0 Å². The zero-order chi connectivity index (χ0) is 6.43. The molecule has 0 N–H and O–H groups in total. The number of hydrogen-bond donors (Lipinski definition) is 0. The Kier molecular flexibility index (Phi) is 0.992. The first-order valence-corrected chi connectivity index (χ1v) is 3.95. The maximum absolute atomic E-state index is 2.45. The molecular formula is C9H14. The van der Waals surface area contributed by atoms with Crippen molar-refractivity contribution < 1.29 is 0 Å². The molecule has 50 valence electrons. The molecule has 0 amide bonds. The van der Waals surface area contributed by atoms with E-state index in [4.69, 9.17) is 0 Å². The lowest BCUT2D eigenvalue weighted by atomic mass is 9.78. The summed E-state index contributed by atoms with van der Waals surface area (Å²) in [6, 6.07) is 0. The maximum atomic E-state index is 2.45. The SMILES string of the molecule is CC1=C[C@@H]2CC(C)CC12. The molecule has 1 saturated carbocycles. The smallest absolute Gasteiger partial charge is 0.0140 e. The van der Waals surface area contributed by atoms with Crippen LogP contribution in [0.5, 0.6) is 0 Å². The van der Waals surface area contributed by atoms with Crippen molar-refractivity contribution in [3.63, 3.8) is 0 Å². The van der Waals surface area contributed by atoms with Gasteiger partial charge in [0.25, 0.3) is 0 Å². The summed E-state index contributed by atoms with van der Waals surface area (Å²) in [5.41, 5.74) is 1.66. The summed E-state index contributed by atoms with van der Waals surface area (Å²) in [6.07, 6.45) is 5.38. The molecule has 0 aromatic carbocycles. The summed E-state index contributed by atoms with van der Waals surface area (Å²) in [4.78, 5) is 0. The van der Waals surface area contributed by atoms with Crippen LogP contribution in [0.4, 0.5) is 0 Å². The van der Waals surface area contributed by atoms with E-state index in [0.29, 0.717) is 0 Å². The van der Waals surface area contributed by atoms with Crippen LogP contribution in [0.15, 0.2) is 11.6 Å². The van der Waals surface area contributed by atoms with Gasteiger partial charge in [-0.1, -0.05) is 18.6 Å². The minimum absolute atomic E-state index is 0.986. The molecule has 0 saturated heterocycles. The van der Waals surface area contributed by atoms with Crippen LogP contribution in [0.3, 0.4) is 0 Å². The lowest BCUT2D eigenvalue weighted by Gasteiger charge is -2.27. The summed E-state index contributed by atoms with van der Waals surface area (Å²) < 4.78 is 0. The average Bonchev–Trinajstić information content (AvgIpc) is 2.08. The molecule has 0 aliphatic heterocycles. The standard InChI is InChI=1S/C9H14/c1-6-3-8-5-7(2)9(8)4-6/h5-6,8-9H,3-4H2,1-2H3/t6?,8-,9?/m0/s1. The molecule has 0 spiro atoms. The van der Waals surface area contributed by atoms with E-state index in [-0.39, 0.29) is 0 Å². The quantitative estimate of drug-likeness (QED) is 0.433. The normalized spacial score (nSPS) is 47.8. The van der Waals surface area contributed by atoms with E-state index < -0.39 is 0 Å². The third kappa shape index (κ3) is 0.654. The van der Waals surface area contributed by atoms with Crippen LogP contribution in [0.25, 0.3) is 0 Å². The first-order chi connectivity index (χ1) is 4.27. The van der Waals surface area contributed by atoms with Crippen LogP contribution >= 0.6 is 0 Å². The van der Waals surface area contributed by atoms with E-state index in [0.717, 1.165) is 17.8 Å². The van der Waals surface area contributed by atoms with Crippen LogP contribution in [0.2, 0.25) is 0 Å². The van der Waals surface area contributed by atoms with Crippen molar-refractivity contribution in [3.05, 3.63) is 11.6 Å². The van der Waals surface area contributed by atoms with Gasteiger partial charge in [-0.25, -0.2) is 0 Å². The molecule has 9 heavy (non-hydrogen) atoms. The Balaban J connectivity index is 2.11. The van der Waals surface area contributed by atoms with Crippen molar-refractivity contribution in [1.29, 1.82) is 0 Å². The molecule has 0 nitrogen and oxygen atoms in total. The average molecular weight is 122 g/mol. The topological polar surface area (TPSA) is 0 Å². The highest BCUT2D eigenvalue weighted by molar-refractivity contribution is 5.22. The van der Waals surface area contributed by atoms with Gasteiger partial charge in [0.05, 0.1) is 0 Å². The van der Waals surface area contributed by atoms with Gasteiger partial charge in [0.1, 0.15) is 0 Å². The second-order valence-electron chi connectivity index (χ2n) is 3.76. The van der Waals surface area contributed by atoms with E-state index in [1.165, 1.54) is 12.8 Å². The molecule has 2 aliphatic rings. The van der Waals surface area contributed by atoms with Crippen molar-refractivity contribution in [3.8, 4) is 0 Å². The molecule has 2 rings (SSSR count). The molecule has 0 heteroatoms. The summed E-state index contributed by atoms with van der Waals surface area (Å²) in [5.74, 6) is 2.98. The summed E-state index contributed by atoms with van der Waals surface area (Å²) >= 11 is 0. The molecule has 3 atom stereocenters. The number of rotatable bonds is 0. The third-order valence-corrected chi connectivity index (χ3v) is 2.91. The second-order valence-corrected chi connectivity index (χ2v) is 3.76. The van der Waals surface area contributed by atoms with E-state index in [1.807, 2.05) is 0 Å². The van der Waals surface area contributed by atoms with Crippen molar-refractivity contribution in [2.45, 2.75) is 26.7 Å². The Hall–Kier alpha value is -0.260. The number of allylic oxidation sites excluding steroid dienone is 2. The Bertz CT molecular complexity index is 155. The van der Waals surface area contributed by atoms with Gasteiger partial charge >= 0.3 is 0 Å². The van der Waals surface area contributed by atoms with Crippen molar-refractivity contribution in [2.75, 3.05) is 0 Å². The Labute approximate surface area is 57.0 Å². The number of fused-ring (bicyclic) bond motifs is 1. The van der Waals surface area contributed by atoms with Gasteiger partial charge in [0, 0.05) is 0 Å². The monoisotopic (exact) mass is 122 g/mol. The summed E-state index contributed by atoms with van der Waals surface area (Å²) in [7, 11) is 0. The Morgan fingerprint density at radius 1 is 1.44 bits per heavy atom. The van der Waals surface area contributed by atoms with Crippen molar-refractivity contribution >= 4 is 0 Å². The van der Waals surface area contributed by atoms with Crippen molar-refractivity contribution in [1.82, 2.24) is 0 Å².